The number of aromatic nitrogens is 2. The van der Waals surface area contributed by atoms with E-state index in [0.717, 1.165) is 48.1 Å². The van der Waals surface area contributed by atoms with Crippen LogP contribution in [0.2, 0.25) is 0 Å². The highest BCUT2D eigenvalue weighted by atomic mass is 32.1. The summed E-state index contributed by atoms with van der Waals surface area (Å²) in [6.45, 7) is 3.21. The standard InChI is InChI=1S/C21H21N3O3S/c25-12-14-5-8-24(9-6-14)11-15-13-26-18-10-16(3-4-17(15)18)27-21-23-20-19(28-21)2-1-7-22-20/h1-4,7,10,13-14,25H,5-6,8-9,11-12H2. The summed E-state index contributed by atoms with van der Waals surface area (Å²) in [6.07, 6.45) is 5.69. The van der Waals surface area contributed by atoms with Crippen molar-refractivity contribution in [3.05, 3.63) is 48.4 Å². The van der Waals surface area contributed by atoms with Gasteiger partial charge in [-0.15, -0.1) is 0 Å². The number of benzene rings is 1. The fourth-order valence-corrected chi connectivity index (χ4v) is 4.51. The van der Waals surface area contributed by atoms with Crippen LogP contribution in [-0.4, -0.2) is 39.7 Å². The van der Waals surface area contributed by atoms with Crippen molar-refractivity contribution >= 4 is 32.7 Å². The van der Waals surface area contributed by atoms with Crippen LogP contribution in [0.5, 0.6) is 10.9 Å². The van der Waals surface area contributed by atoms with Crippen LogP contribution in [0.1, 0.15) is 18.4 Å². The molecule has 7 heteroatoms. The lowest BCUT2D eigenvalue weighted by Gasteiger charge is -2.30. The molecule has 0 unspecified atom stereocenters. The van der Waals surface area contributed by atoms with Crippen LogP contribution in [0.15, 0.2) is 47.2 Å². The van der Waals surface area contributed by atoms with Gasteiger partial charge < -0.3 is 14.3 Å². The first-order chi connectivity index (χ1) is 13.8. The SMILES string of the molecule is OCC1CCN(Cc2coc3cc(Oc4nc5ncccc5s4)ccc23)CC1. The van der Waals surface area contributed by atoms with Crippen molar-refractivity contribution in [1.82, 2.24) is 14.9 Å². The Morgan fingerprint density at radius 3 is 2.96 bits per heavy atom. The van der Waals surface area contributed by atoms with Gasteiger partial charge in [-0.05, 0) is 56.1 Å². The third-order valence-corrected chi connectivity index (χ3v) is 6.22. The van der Waals surface area contributed by atoms with E-state index in [1.807, 2.05) is 30.5 Å². The highest BCUT2D eigenvalue weighted by Crippen LogP contribution is 2.33. The molecule has 0 atom stereocenters. The number of aliphatic hydroxyl groups is 1. The summed E-state index contributed by atoms with van der Waals surface area (Å²) in [5.41, 5.74) is 2.71. The van der Waals surface area contributed by atoms with Gasteiger partial charge in [0.1, 0.15) is 11.3 Å². The van der Waals surface area contributed by atoms with Crippen molar-refractivity contribution in [2.24, 2.45) is 5.92 Å². The van der Waals surface area contributed by atoms with Crippen molar-refractivity contribution in [2.75, 3.05) is 19.7 Å². The van der Waals surface area contributed by atoms with E-state index < -0.39 is 0 Å². The summed E-state index contributed by atoms with van der Waals surface area (Å²) in [7, 11) is 0. The minimum absolute atomic E-state index is 0.302. The van der Waals surface area contributed by atoms with E-state index in [1.165, 1.54) is 16.9 Å². The number of rotatable bonds is 5. The molecule has 1 aliphatic rings. The van der Waals surface area contributed by atoms with E-state index in [0.29, 0.717) is 29.1 Å². The summed E-state index contributed by atoms with van der Waals surface area (Å²) in [6, 6.07) is 9.80. The van der Waals surface area contributed by atoms with Crippen LogP contribution >= 0.6 is 11.3 Å². The number of likely N-dealkylation sites (tertiary alicyclic amines) is 1. The third-order valence-electron chi connectivity index (χ3n) is 5.34. The zero-order valence-electron chi connectivity index (χ0n) is 15.4. The van der Waals surface area contributed by atoms with Crippen LogP contribution in [0.3, 0.4) is 0 Å². The van der Waals surface area contributed by atoms with Gasteiger partial charge in [-0.1, -0.05) is 11.3 Å². The zero-order valence-corrected chi connectivity index (χ0v) is 16.2. The molecule has 0 amide bonds. The number of nitrogens with zero attached hydrogens (tertiary/aromatic N) is 3. The molecule has 1 aliphatic heterocycles. The number of furan rings is 1. The number of ether oxygens (including phenoxy) is 1. The van der Waals surface area contributed by atoms with Gasteiger partial charge in [-0.2, -0.15) is 4.98 Å². The van der Waals surface area contributed by atoms with Crippen LogP contribution in [0, 0.1) is 5.92 Å². The molecule has 3 aromatic heterocycles. The second kappa shape index (κ2) is 7.50. The molecule has 144 valence electrons. The normalized spacial score (nSPS) is 16.2. The molecule has 28 heavy (non-hydrogen) atoms. The number of piperidine rings is 1. The largest absolute Gasteiger partial charge is 0.464 e. The molecule has 1 N–H and O–H groups in total. The fraction of sp³-hybridized carbons (Fsp3) is 0.333. The predicted octanol–water partition coefficient (Wildman–Crippen LogP) is 4.43. The zero-order chi connectivity index (χ0) is 18.9. The Labute approximate surface area is 166 Å². The molecular formula is C21H21N3O3S. The maximum atomic E-state index is 9.30. The van der Waals surface area contributed by atoms with Gasteiger partial charge in [0.25, 0.3) is 5.19 Å². The predicted molar refractivity (Wildman–Crippen MR) is 109 cm³/mol. The minimum Gasteiger partial charge on any atom is -0.464 e. The Bertz CT molecular complexity index is 1070. The molecule has 0 radical (unpaired) electrons. The molecule has 6 nitrogen and oxygen atoms in total. The number of fused-ring (bicyclic) bond motifs is 2. The van der Waals surface area contributed by atoms with Crippen LogP contribution in [0.4, 0.5) is 0 Å². The maximum Gasteiger partial charge on any atom is 0.281 e. The highest BCUT2D eigenvalue weighted by Gasteiger charge is 2.20. The number of thiazole rings is 1. The topological polar surface area (TPSA) is 71.6 Å². The number of aliphatic hydroxyl groups excluding tert-OH is 1. The number of pyridine rings is 1. The molecule has 4 aromatic rings. The first-order valence-electron chi connectivity index (χ1n) is 9.51. The van der Waals surface area contributed by atoms with E-state index in [1.54, 1.807) is 6.20 Å². The first kappa shape index (κ1) is 17.6. The van der Waals surface area contributed by atoms with Crippen LogP contribution in [0.25, 0.3) is 21.3 Å². The summed E-state index contributed by atoms with van der Waals surface area (Å²) < 4.78 is 12.7. The van der Waals surface area contributed by atoms with Crippen molar-refractivity contribution in [3.8, 4) is 10.9 Å². The Balaban J connectivity index is 1.32. The summed E-state index contributed by atoms with van der Waals surface area (Å²) in [5.74, 6) is 1.16. The van der Waals surface area contributed by atoms with Gasteiger partial charge in [-0.25, -0.2) is 4.98 Å². The van der Waals surface area contributed by atoms with Gasteiger partial charge in [0, 0.05) is 36.4 Å². The molecule has 4 heterocycles. The lowest BCUT2D eigenvalue weighted by atomic mass is 9.97. The van der Waals surface area contributed by atoms with E-state index in [4.69, 9.17) is 9.15 Å². The molecule has 1 saturated heterocycles. The van der Waals surface area contributed by atoms with Gasteiger partial charge in [0.2, 0.25) is 0 Å². The molecular weight excluding hydrogens is 374 g/mol. The molecule has 5 rings (SSSR count). The number of hydrogen-bond acceptors (Lipinski definition) is 7. The molecule has 0 aliphatic carbocycles. The third kappa shape index (κ3) is 3.48. The van der Waals surface area contributed by atoms with E-state index in [2.05, 4.69) is 20.9 Å². The van der Waals surface area contributed by atoms with Crippen LogP contribution < -0.4 is 4.74 Å². The minimum atomic E-state index is 0.302. The summed E-state index contributed by atoms with van der Waals surface area (Å²) in [5, 5.41) is 11.0. The summed E-state index contributed by atoms with van der Waals surface area (Å²) in [4.78, 5) is 11.1. The lowest BCUT2D eigenvalue weighted by Crippen LogP contribution is -2.34. The van der Waals surface area contributed by atoms with Crippen molar-refractivity contribution in [1.29, 1.82) is 0 Å². The second-order valence-corrected chi connectivity index (χ2v) is 8.22. The average Bonchev–Trinajstić information content (AvgIpc) is 3.32. The Morgan fingerprint density at radius 1 is 1.25 bits per heavy atom. The Kier molecular flexibility index (Phi) is 4.72. The van der Waals surface area contributed by atoms with Crippen LogP contribution in [-0.2, 0) is 6.54 Å². The quantitative estimate of drug-likeness (QED) is 0.539. The van der Waals surface area contributed by atoms with Gasteiger partial charge in [0.05, 0.1) is 11.0 Å². The molecule has 0 saturated carbocycles. The smallest absolute Gasteiger partial charge is 0.281 e. The number of hydrogen-bond donors (Lipinski definition) is 1. The van der Waals surface area contributed by atoms with Gasteiger partial charge in [-0.3, -0.25) is 4.90 Å². The Morgan fingerprint density at radius 2 is 2.14 bits per heavy atom. The highest BCUT2D eigenvalue weighted by molar-refractivity contribution is 7.20. The average molecular weight is 395 g/mol. The van der Waals surface area contributed by atoms with Gasteiger partial charge in [0.15, 0.2) is 5.65 Å². The van der Waals surface area contributed by atoms with Gasteiger partial charge >= 0.3 is 0 Å². The fourth-order valence-electron chi connectivity index (χ4n) is 3.71. The van der Waals surface area contributed by atoms with Crippen molar-refractivity contribution in [2.45, 2.75) is 19.4 Å². The molecule has 1 fully saturated rings. The molecule has 0 spiro atoms. The first-order valence-corrected chi connectivity index (χ1v) is 10.3. The Hall–Kier alpha value is -2.48. The van der Waals surface area contributed by atoms with E-state index >= 15 is 0 Å². The molecule has 0 bridgehead atoms. The monoisotopic (exact) mass is 395 g/mol. The van der Waals surface area contributed by atoms with E-state index in [9.17, 15) is 5.11 Å². The summed E-state index contributed by atoms with van der Waals surface area (Å²) >= 11 is 1.48. The second-order valence-electron chi connectivity index (χ2n) is 7.23. The lowest BCUT2D eigenvalue weighted by molar-refractivity contribution is 0.127. The van der Waals surface area contributed by atoms with Crippen molar-refractivity contribution in [3.63, 3.8) is 0 Å². The van der Waals surface area contributed by atoms with E-state index in [-0.39, 0.29) is 0 Å². The van der Waals surface area contributed by atoms with Crippen molar-refractivity contribution < 1.29 is 14.3 Å². The maximum absolute atomic E-state index is 9.30. The molecule has 1 aromatic carbocycles.